The molecule has 1 fully saturated rings. The first kappa shape index (κ1) is 53.3. The van der Waals surface area contributed by atoms with Gasteiger partial charge in [-0.2, -0.15) is 0 Å². The van der Waals surface area contributed by atoms with Crippen LogP contribution in [0.1, 0.15) is 175 Å². The number of amides is 1. The highest BCUT2D eigenvalue weighted by Crippen LogP contribution is 2.43. The second-order valence-electron chi connectivity index (χ2n) is 15.3. The smallest absolute Gasteiger partial charge is 0.462 e. The lowest BCUT2D eigenvalue weighted by Gasteiger charge is -2.42. The van der Waals surface area contributed by atoms with Crippen LogP contribution >= 0.6 is 7.82 Å². The van der Waals surface area contributed by atoms with Gasteiger partial charge in [-0.05, 0) is 12.8 Å². The Bertz CT molecular complexity index is 1090. The van der Waals surface area contributed by atoms with Gasteiger partial charge in [0.15, 0.2) is 12.4 Å². The fourth-order valence-electron chi connectivity index (χ4n) is 6.66. The number of hydrogen-bond donors (Lipinski definition) is 5. The van der Waals surface area contributed by atoms with Crippen LogP contribution in [0.25, 0.3) is 0 Å². The third-order valence-corrected chi connectivity index (χ3v) is 11.0. The number of carbonyl (C=O) groups excluding carboxylic acids is 3. The van der Waals surface area contributed by atoms with E-state index >= 15 is 0 Å². The number of rotatable bonds is 37. The largest absolute Gasteiger partial charge is 0.472 e. The number of phosphoric acid groups is 1. The first-order valence-corrected chi connectivity index (χ1v) is 23.5. The number of esters is 2. The molecule has 7 atom stereocenters. The summed E-state index contributed by atoms with van der Waals surface area (Å²) in [6.45, 7) is 4.01. The molecule has 0 aromatic carbocycles. The van der Waals surface area contributed by atoms with Crippen molar-refractivity contribution in [2.75, 3.05) is 33.0 Å². The van der Waals surface area contributed by atoms with E-state index in [2.05, 4.69) is 19.2 Å². The van der Waals surface area contributed by atoms with Crippen molar-refractivity contribution in [2.45, 2.75) is 212 Å². The zero-order valence-corrected chi connectivity index (χ0v) is 36.3. The van der Waals surface area contributed by atoms with Crippen molar-refractivity contribution in [3.63, 3.8) is 0 Å². The summed E-state index contributed by atoms with van der Waals surface area (Å²) in [5.41, 5.74) is 5.32. The molecule has 0 aromatic rings. The monoisotopic (exact) mass is 839 g/mol. The van der Waals surface area contributed by atoms with Crippen LogP contribution in [0.3, 0.4) is 0 Å². The number of aliphatic hydroxyl groups excluding tert-OH is 2. The van der Waals surface area contributed by atoms with Gasteiger partial charge in [0.05, 0.1) is 19.8 Å². The summed E-state index contributed by atoms with van der Waals surface area (Å²) in [4.78, 5) is 47.5. The maximum absolute atomic E-state index is 12.9. The Hall–Kier alpha value is -1.68. The number of carbonyl (C=O) groups is 3. The molecular weight excluding hydrogens is 759 g/mol. The van der Waals surface area contributed by atoms with E-state index in [1.54, 1.807) is 0 Å². The SMILES string of the molecule is CCCCCCCCCCCCCC(=O)OC[C@H](CO[C@@H]1O[C@H](COP(=O)(O)OCCN)[C@@H](O)C(O)C1NC(C)=O)OC(=O)CCCCCCCCCCCCC. The minimum absolute atomic E-state index is 0.0385. The molecule has 0 aromatic heterocycles. The number of ether oxygens (including phenoxy) is 4. The lowest BCUT2D eigenvalue weighted by Crippen LogP contribution is -2.64. The third-order valence-electron chi connectivity index (χ3n) is 9.99. The van der Waals surface area contributed by atoms with Gasteiger partial charge >= 0.3 is 19.8 Å². The summed E-state index contributed by atoms with van der Waals surface area (Å²) in [7, 11) is -4.56. The van der Waals surface area contributed by atoms with Crippen LogP contribution in [-0.4, -0.2) is 103 Å². The van der Waals surface area contributed by atoms with Crippen LogP contribution < -0.4 is 11.1 Å². The molecule has 15 nitrogen and oxygen atoms in total. The van der Waals surface area contributed by atoms with Crippen molar-refractivity contribution in [1.29, 1.82) is 0 Å². The normalized spacial score (nSPS) is 21.1. The fraction of sp³-hybridized carbons (Fsp3) is 0.927. The number of aliphatic hydroxyl groups is 2. The molecule has 0 saturated carbocycles. The Kier molecular flexibility index (Phi) is 31.9. The molecule has 1 aliphatic rings. The first-order chi connectivity index (χ1) is 27.4. The summed E-state index contributed by atoms with van der Waals surface area (Å²) < 4.78 is 44.8. The topological polar surface area (TPSA) is 222 Å². The van der Waals surface area contributed by atoms with E-state index in [0.29, 0.717) is 12.8 Å². The van der Waals surface area contributed by atoms with Gasteiger partial charge in [0.2, 0.25) is 5.91 Å². The van der Waals surface area contributed by atoms with E-state index in [1.165, 1.54) is 96.8 Å². The van der Waals surface area contributed by atoms with Gasteiger partial charge in [-0.15, -0.1) is 0 Å². The quantitative estimate of drug-likeness (QED) is 0.0244. The van der Waals surface area contributed by atoms with E-state index in [1.807, 2.05) is 0 Å². The van der Waals surface area contributed by atoms with Gasteiger partial charge < -0.3 is 45.1 Å². The Morgan fingerprint density at radius 2 is 1.18 bits per heavy atom. The zero-order chi connectivity index (χ0) is 42.2. The Morgan fingerprint density at radius 1 is 0.702 bits per heavy atom. The van der Waals surface area contributed by atoms with Gasteiger partial charge in [-0.25, -0.2) is 4.57 Å². The third kappa shape index (κ3) is 27.7. The van der Waals surface area contributed by atoms with Crippen LogP contribution in [0.2, 0.25) is 0 Å². The Labute approximate surface area is 342 Å². The van der Waals surface area contributed by atoms with Gasteiger partial charge in [0.1, 0.15) is 31.0 Å². The fourth-order valence-corrected chi connectivity index (χ4v) is 7.41. The van der Waals surface area contributed by atoms with Crippen molar-refractivity contribution in [1.82, 2.24) is 5.32 Å². The van der Waals surface area contributed by atoms with Gasteiger partial charge in [-0.3, -0.25) is 23.4 Å². The van der Waals surface area contributed by atoms with Crippen molar-refractivity contribution in [3.8, 4) is 0 Å². The summed E-state index contributed by atoms with van der Waals surface area (Å²) in [5.74, 6) is -1.47. The Morgan fingerprint density at radius 3 is 1.65 bits per heavy atom. The minimum Gasteiger partial charge on any atom is -0.462 e. The average Bonchev–Trinajstić information content (AvgIpc) is 3.18. The molecule has 0 spiro atoms. The predicted octanol–water partition coefficient (Wildman–Crippen LogP) is 6.90. The molecular formula is C41H79N2O13P. The molecule has 16 heteroatoms. The van der Waals surface area contributed by atoms with Crippen LogP contribution in [0.5, 0.6) is 0 Å². The number of phosphoric ester groups is 1. The lowest BCUT2D eigenvalue weighted by atomic mass is 9.97. The predicted molar refractivity (Wildman–Crippen MR) is 218 cm³/mol. The standard InChI is InChI=1S/C41H79N2O13P/c1-4-6-8-10-12-14-16-18-20-22-24-26-36(45)51-30-34(55-37(46)27-25-23-21-19-17-15-13-11-9-7-5-2)31-52-41-38(43-33(3)44)40(48)39(47)35(56-41)32-54-57(49,50)53-29-28-42/h34-35,38-41,47-48H,4-32,42H2,1-3H3,(H,43,44)(H,49,50)/t34-,35-,38?,39-,40?,41-/m1/s1. The molecule has 57 heavy (non-hydrogen) atoms. The minimum atomic E-state index is -4.56. The van der Waals surface area contributed by atoms with E-state index in [9.17, 15) is 34.1 Å². The molecule has 1 rings (SSSR count). The maximum Gasteiger partial charge on any atom is 0.472 e. The number of unbranched alkanes of at least 4 members (excludes halogenated alkanes) is 20. The van der Waals surface area contributed by atoms with Crippen LogP contribution in [0.4, 0.5) is 0 Å². The van der Waals surface area contributed by atoms with Crippen molar-refractivity contribution >= 4 is 25.7 Å². The molecule has 336 valence electrons. The molecule has 6 N–H and O–H groups in total. The average molecular weight is 839 g/mol. The summed E-state index contributed by atoms with van der Waals surface area (Å²) >= 11 is 0. The zero-order valence-electron chi connectivity index (χ0n) is 35.4. The number of hydrogen-bond acceptors (Lipinski definition) is 13. The first-order valence-electron chi connectivity index (χ1n) is 22.0. The summed E-state index contributed by atoms with van der Waals surface area (Å²) in [6.07, 6.45) is 18.4. The Balaban J connectivity index is 2.76. The molecule has 3 unspecified atom stereocenters. The summed E-state index contributed by atoms with van der Waals surface area (Å²) in [6, 6.07) is -1.28. The maximum atomic E-state index is 12.9. The van der Waals surface area contributed by atoms with Crippen molar-refractivity contribution in [3.05, 3.63) is 0 Å². The van der Waals surface area contributed by atoms with Crippen LogP contribution in [0, 0.1) is 0 Å². The van der Waals surface area contributed by atoms with Crippen molar-refractivity contribution < 1.29 is 62.1 Å². The summed E-state index contributed by atoms with van der Waals surface area (Å²) in [5, 5.41) is 24.1. The second-order valence-corrected chi connectivity index (χ2v) is 16.8. The van der Waals surface area contributed by atoms with Gasteiger partial charge in [0, 0.05) is 26.3 Å². The van der Waals surface area contributed by atoms with E-state index in [4.69, 9.17) is 33.7 Å². The molecule has 1 aliphatic heterocycles. The van der Waals surface area contributed by atoms with E-state index in [0.717, 1.165) is 38.5 Å². The highest BCUT2D eigenvalue weighted by molar-refractivity contribution is 7.47. The highest BCUT2D eigenvalue weighted by atomic mass is 31.2. The van der Waals surface area contributed by atoms with E-state index in [-0.39, 0.29) is 39.2 Å². The van der Waals surface area contributed by atoms with Gasteiger partial charge in [-0.1, -0.05) is 142 Å². The van der Waals surface area contributed by atoms with Crippen molar-refractivity contribution in [2.24, 2.45) is 5.73 Å². The number of nitrogens with one attached hydrogen (secondary N) is 1. The molecule has 1 saturated heterocycles. The van der Waals surface area contributed by atoms with Gasteiger partial charge in [0.25, 0.3) is 0 Å². The number of nitrogens with two attached hydrogens (primary N) is 1. The molecule has 1 amide bonds. The van der Waals surface area contributed by atoms with Crippen LogP contribution in [-0.2, 0) is 46.9 Å². The molecule has 0 radical (unpaired) electrons. The molecule has 0 aliphatic carbocycles. The molecule has 1 heterocycles. The lowest BCUT2D eigenvalue weighted by molar-refractivity contribution is -0.275. The highest BCUT2D eigenvalue weighted by Gasteiger charge is 2.46. The second kappa shape index (κ2) is 34.1. The van der Waals surface area contributed by atoms with Crippen LogP contribution in [0.15, 0.2) is 0 Å². The molecule has 0 bridgehead atoms. The van der Waals surface area contributed by atoms with E-state index < -0.39 is 69.0 Å².